The second-order valence-electron chi connectivity index (χ2n) is 7.20. The Hall–Kier alpha value is -3.51. The number of halogens is 1. The van der Waals surface area contributed by atoms with Crippen LogP contribution in [0.4, 0.5) is 0 Å². The Morgan fingerprint density at radius 3 is 2.47 bits per heavy atom. The van der Waals surface area contributed by atoms with Gasteiger partial charge < -0.3 is 14.2 Å². The van der Waals surface area contributed by atoms with Crippen LogP contribution in [0.15, 0.2) is 65.8 Å². The third-order valence-electron chi connectivity index (χ3n) is 4.50. The van der Waals surface area contributed by atoms with Crippen LogP contribution in [0, 0.1) is 13.8 Å². The normalized spacial score (nSPS) is 10.8. The highest BCUT2D eigenvalue weighted by atomic mass is 35.5. The number of carbonyl (C=O) groups excluding carboxylic acids is 1. The summed E-state index contributed by atoms with van der Waals surface area (Å²) in [6.07, 6.45) is 1.52. The van der Waals surface area contributed by atoms with Crippen molar-refractivity contribution in [3.8, 4) is 17.2 Å². The van der Waals surface area contributed by atoms with E-state index >= 15 is 0 Å². The smallest absolute Gasteiger partial charge is 0.277 e. The number of carbonyl (C=O) groups is 1. The van der Waals surface area contributed by atoms with Crippen LogP contribution in [0.3, 0.4) is 0 Å². The highest BCUT2D eigenvalue weighted by Crippen LogP contribution is 2.29. The molecule has 0 aliphatic carbocycles. The van der Waals surface area contributed by atoms with Gasteiger partial charge in [-0.15, -0.1) is 0 Å². The summed E-state index contributed by atoms with van der Waals surface area (Å²) in [5.74, 6) is 1.42. The van der Waals surface area contributed by atoms with Crippen molar-refractivity contribution in [2.45, 2.75) is 20.5 Å². The van der Waals surface area contributed by atoms with E-state index in [4.69, 9.17) is 25.8 Å². The van der Waals surface area contributed by atoms with Crippen molar-refractivity contribution in [2.75, 3.05) is 13.7 Å². The molecule has 3 aromatic carbocycles. The van der Waals surface area contributed by atoms with E-state index in [2.05, 4.69) is 10.5 Å². The second-order valence-corrected chi connectivity index (χ2v) is 7.60. The van der Waals surface area contributed by atoms with E-state index in [-0.39, 0.29) is 12.5 Å². The van der Waals surface area contributed by atoms with Gasteiger partial charge in [-0.2, -0.15) is 5.10 Å². The number of hydrogen-bond donors (Lipinski definition) is 1. The molecule has 0 spiro atoms. The van der Waals surface area contributed by atoms with E-state index in [0.717, 1.165) is 22.3 Å². The monoisotopic (exact) mass is 452 g/mol. The highest BCUT2D eigenvalue weighted by Gasteiger charge is 2.08. The van der Waals surface area contributed by atoms with E-state index in [1.165, 1.54) is 6.21 Å². The number of amides is 1. The summed E-state index contributed by atoms with van der Waals surface area (Å²) in [5.41, 5.74) is 6.23. The summed E-state index contributed by atoms with van der Waals surface area (Å²) in [5, 5.41) is 4.63. The maximum absolute atomic E-state index is 12.0. The van der Waals surface area contributed by atoms with E-state index in [1.807, 2.05) is 62.4 Å². The maximum Gasteiger partial charge on any atom is 0.277 e. The minimum atomic E-state index is -0.355. The number of ether oxygens (including phenoxy) is 3. The van der Waals surface area contributed by atoms with Crippen molar-refractivity contribution >= 4 is 23.7 Å². The average molecular weight is 453 g/mol. The summed E-state index contributed by atoms with van der Waals surface area (Å²) in [6, 6.07) is 18.7. The molecule has 0 unspecified atom stereocenters. The lowest BCUT2D eigenvalue weighted by molar-refractivity contribution is -0.123. The van der Waals surface area contributed by atoms with Crippen LogP contribution in [-0.2, 0) is 11.4 Å². The minimum absolute atomic E-state index is 0.127. The van der Waals surface area contributed by atoms with Crippen LogP contribution in [0.2, 0.25) is 5.02 Å². The van der Waals surface area contributed by atoms with Gasteiger partial charge in [0, 0.05) is 10.6 Å². The van der Waals surface area contributed by atoms with Crippen LogP contribution in [-0.4, -0.2) is 25.8 Å². The largest absolute Gasteiger partial charge is 0.493 e. The molecule has 0 bridgehead atoms. The summed E-state index contributed by atoms with van der Waals surface area (Å²) >= 11 is 6.17. The molecular weight excluding hydrogens is 428 g/mol. The Morgan fingerprint density at radius 2 is 1.75 bits per heavy atom. The molecular formula is C25H25ClN2O4. The molecule has 0 fully saturated rings. The number of rotatable bonds is 9. The Labute approximate surface area is 192 Å². The molecule has 3 aromatic rings. The first-order chi connectivity index (χ1) is 15.4. The Kier molecular flexibility index (Phi) is 8.11. The maximum atomic E-state index is 12.0. The zero-order chi connectivity index (χ0) is 22.9. The van der Waals surface area contributed by atoms with Gasteiger partial charge in [-0.25, -0.2) is 5.43 Å². The molecule has 166 valence electrons. The molecule has 0 aliphatic rings. The Balaban J connectivity index is 1.53. The van der Waals surface area contributed by atoms with Crippen LogP contribution < -0.4 is 19.6 Å². The van der Waals surface area contributed by atoms with Crippen LogP contribution in [0.1, 0.15) is 22.3 Å². The van der Waals surface area contributed by atoms with E-state index in [0.29, 0.717) is 28.9 Å². The van der Waals surface area contributed by atoms with Crippen molar-refractivity contribution in [2.24, 2.45) is 5.10 Å². The summed E-state index contributed by atoms with van der Waals surface area (Å²) in [6.45, 7) is 4.15. The molecule has 32 heavy (non-hydrogen) atoms. The molecule has 1 N–H and O–H groups in total. The van der Waals surface area contributed by atoms with Gasteiger partial charge in [-0.1, -0.05) is 35.9 Å². The zero-order valence-electron chi connectivity index (χ0n) is 18.2. The van der Waals surface area contributed by atoms with Gasteiger partial charge in [0.25, 0.3) is 5.91 Å². The fraction of sp³-hybridized carbons (Fsp3) is 0.200. The molecule has 0 saturated heterocycles. The summed E-state index contributed by atoms with van der Waals surface area (Å²) in [4.78, 5) is 12.0. The first-order valence-corrected chi connectivity index (χ1v) is 10.4. The highest BCUT2D eigenvalue weighted by molar-refractivity contribution is 6.31. The number of nitrogens with zero attached hydrogens (tertiary/aromatic N) is 1. The van der Waals surface area contributed by atoms with Crippen molar-refractivity contribution in [3.05, 3.63) is 87.9 Å². The number of benzene rings is 3. The zero-order valence-corrected chi connectivity index (χ0v) is 19.0. The lowest BCUT2D eigenvalue weighted by atomic mass is 10.1. The standard InChI is InChI=1S/C25H25ClN2O4/c1-17-10-18(2)12-21(11-17)31-16-25(29)28-27-14-19-8-9-23(24(13-19)30-3)32-15-20-6-4-5-7-22(20)26/h4-14H,15-16H2,1-3H3,(H,28,29)/b27-14+. The molecule has 0 aromatic heterocycles. The van der Waals surface area contributed by atoms with Gasteiger partial charge in [-0.05, 0) is 66.9 Å². The molecule has 6 nitrogen and oxygen atoms in total. The number of hydrogen-bond acceptors (Lipinski definition) is 5. The number of hydrazone groups is 1. The van der Waals surface area contributed by atoms with Crippen molar-refractivity contribution in [1.29, 1.82) is 0 Å². The van der Waals surface area contributed by atoms with Gasteiger partial charge in [0.05, 0.1) is 13.3 Å². The quantitative estimate of drug-likeness (QED) is 0.363. The van der Waals surface area contributed by atoms with E-state index in [9.17, 15) is 4.79 Å². The van der Waals surface area contributed by atoms with Crippen molar-refractivity contribution < 1.29 is 19.0 Å². The lowest BCUT2D eigenvalue weighted by Crippen LogP contribution is -2.24. The van der Waals surface area contributed by atoms with Crippen molar-refractivity contribution in [1.82, 2.24) is 5.43 Å². The lowest BCUT2D eigenvalue weighted by Gasteiger charge is -2.12. The molecule has 0 aliphatic heterocycles. The molecule has 0 heterocycles. The Bertz CT molecular complexity index is 1090. The second kappa shape index (κ2) is 11.2. The van der Waals surface area contributed by atoms with Crippen LogP contribution >= 0.6 is 11.6 Å². The number of aryl methyl sites for hydroxylation is 2. The molecule has 0 radical (unpaired) electrons. The molecule has 0 atom stereocenters. The van der Waals surface area contributed by atoms with Crippen LogP contribution in [0.5, 0.6) is 17.2 Å². The third kappa shape index (κ3) is 6.75. The minimum Gasteiger partial charge on any atom is -0.493 e. The molecule has 0 saturated carbocycles. The van der Waals surface area contributed by atoms with E-state index in [1.54, 1.807) is 19.2 Å². The van der Waals surface area contributed by atoms with E-state index < -0.39 is 0 Å². The average Bonchev–Trinajstić information content (AvgIpc) is 2.77. The predicted octanol–water partition coefficient (Wildman–Crippen LogP) is 5.07. The van der Waals surface area contributed by atoms with Gasteiger partial charge in [0.1, 0.15) is 12.4 Å². The SMILES string of the molecule is COc1cc(/C=N/NC(=O)COc2cc(C)cc(C)c2)ccc1OCc1ccccc1Cl. The molecule has 7 heteroatoms. The fourth-order valence-electron chi connectivity index (χ4n) is 3.03. The number of methoxy groups -OCH3 is 1. The predicted molar refractivity (Wildman–Crippen MR) is 126 cm³/mol. The van der Waals surface area contributed by atoms with Gasteiger partial charge in [0.15, 0.2) is 18.1 Å². The van der Waals surface area contributed by atoms with Gasteiger partial charge in [0.2, 0.25) is 0 Å². The first-order valence-electron chi connectivity index (χ1n) is 10.0. The number of nitrogens with one attached hydrogen (secondary N) is 1. The summed E-state index contributed by atoms with van der Waals surface area (Å²) in [7, 11) is 1.56. The summed E-state index contributed by atoms with van der Waals surface area (Å²) < 4.78 is 16.8. The topological polar surface area (TPSA) is 69.2 Å². The molecule has 3 rings (SSSR count). The van der Waals surface area contributed by atoms with Crippen molar-refractivity contribution in [3.63, 3.8) is 0 Å². The van der Waals surface area contributed by atoms with Crippen LogP contribution in [0.25, 0.3) is 0 Å². The fourth-order valence-corrected chi connectivity index (χ4v) is 3.22. The Morgan fingerprint density at radius 1 is 1.00 bits per heavy atom. The third-order valence-corrected chi connectivity index (χ3v) is 4.87. The van der Waals surface area contributed by atoms with Gasteiger partial charge in [-0.3, -0.25) is 4.79 Å². The molecule has 1 amide bonds. The van der Waals surface area contributed by atoms with Gasteiger partial charge >= 0.3 is 0 Å². The first kappa shape index (κ1) is 23.2.